The second-order valence-electron chi connectivity index (χ2n) is 7.91. The maximum absolute atomic E-state index is 13.2. The van der Waals surface area contributed by atoms with Crippen molar-refractivity contribution in [3.63, 3.8) is 0 Å². The molecule has 4 N–H and O–H groups in total. The van der Waals surface area contributed by atoms with E-state index in [0.29, 0.717) is 28.6 Å². The van der Waals surface area contributed by atoms with Gasteiger partial charge >= 0.3 is 5.97 Å². The molecular weight excluding hydrogens is 527 g/mol. The minimum Gasteiger partial charge on any atom is -0.480 e. The van der Waals surface area contributed by atoms with Crippen LogP contribution < -0.4 is 11.1 Å². The molecule has 2 heterocycles. The molecule has 1 unspecified atom stereocenters. The molecule has 1 atom stereocenters. The number of hydrogen-bond acceptors (Lipinski definition) is 6. The lowest BCUT2D eigenvalue weighted by Crippen LogP contribution is -2.44. The maximum atomic E-state index is 13.2. The van der Waals surface area contributed by atoms with Gasteiger partial charge in [0.05, 0.1) is 12.1 Å². The molecule has 4 rings (SSSR count). The molecule has 0 saturated carbocycles. The molecule has 9 nitrogen and oxygen atoms in total. The highest BCUT2D eigenvalue weighted by Crippen LogP contribution is 2.32. The lowest BCUT2D eigenvalue weighted by Gasteiger charge is -2.23. The summed E-state index contributed by atoms with van der Waals surface area (Å²) in [5, 5.41) is 12.3. The number of carbonyl (C=O) groups excluding carboxylic acids is 2. The third-order valence-electron chi connectivity index (χ3n) is 5.65. The van der Waals surface area contributed by atoms with Gasteiger partial charge in [-0.2, -0.15) is 4.21 Å². The molecule has 1 aliphatic heterocycles. The van der Waals surface area contributed by atoms with E-state index in [0.717, 1.165) is 28.5 Å². The SMILES string of the molecule is CNC(=O)C1CCCN1C(=O)c1cn(C)c2cc(-c3cc(Cl)cc(Cl)c3)ccc12.NCC(=O)O.O=S. The maximum Gasteiger partial charge on any atom is 0.317 e. The minimum absolute atomic E-state index is 0.111. The Hall–Kier alpha value is -3.05. The van der Waals surface area contributed by atoms with Gasteiger partial charge in [-0.1, -0.05) is 35.3 Å². The van der Waals surface area contributed by atoms with Crippen molar-refractivity contribution in [1.29, 1.82) is 0 Å². The van der Waals surface area contributed by atoms with Crippen molar-refractivity contribution in [3.8, 4) is 11.1 Å². The van der Waals surface area contributed by atoms with Crippen LogP contribution in [-0.4, -0.2) is 62.7 Å². The van der Waals surface area contributed by atoms with E-state index in [1.165, 1.54) is 0 Å². The van der Waals surface area contributed by atoms with Gasteiger partial charge in [0.2, 0.25) is 5.91 Å². The number of nitrogens with one attached hydrogen (secondary N) is 1. The van der Waals surface area contributed by atoms with E-state index in [-0.39, 0.29) is 18.4 Å². The number of aromatic nitrogens is 1. The van der Waals surface area contributed by atoms with Gasteiger partial charge in [-0.15, -0.1) is 0 Å². The standard InChI is InChI=1S/C22H21Cl2N3O2.C2H5NO2.OS/c1-25-21(28)19-4-3-7-27(19)22(29)18-12-26(2)20-10-13(5-6-17(18)20)14-8-15(23)11-16(24)9-14;3-1-2(4)5;1-2/h5-6,8-12,19H,3-4,7H2,1-2H3,(H,25,28);1,3H2,(H,4,5);. The van der Waals surface area contributed by atoms with Crippen molar-refractivity contribution in [3.05, 3.63) is 58.2 Å². The van der Waals surface area contributed by atoms with Crippen LogP contribution in [0.5, 0.6) is 0 Å². The van der Waals surface area contributed by atoms with Crippen molar-refractivity contribution < 1.29 is 23.7 Å². The van der Waals surface area contributed by atoms with Gasteiger partial charge in [-0.05, 0) is 48.2 Å². The zero-order valence-electron chi connectivity index (χ0n) is 19.7. The Bertz CT molecular complexity index is 1250. The highest BCUT2D eigenvalue weighted by Gasteiger charge is 2.35. The van der Waals surface area contributed by atoms with Crippen LogP contribution in [0.1, 0.15) is 23.2 Å². The Morgan fingerprint density at radius 3 is 2.28 bits per heavy atom. The number of carboxylic acid groups (broad SMARTS) is 1. The molecule has 0 bridgehead atoms. The van der Waals surface area contributed by atoms with Crippen molar-refractivity contribution in [1.82, 2.24) is 14.8 Å². The number of amides is 2. The van der Waals surface area contributed by atoms with E-state index in [1.807, 2.05) is 48.1 Å². The number of fused-ring (bicyclic) bond motifs is 1. The number of rotatable bonds is 4. The molecule has 36 heavy (non-hydrogen) atoms. The Labute approximate surface area is 223 Å². The lowest BCUT2D eigenvalue weighted by molar-refractivity contribution is -0.135. The lowest BCUT2D eigenvalue weighted by atomic mass is 10.0. The van der Waals surface area contributed by atoms with Crippen LogP contribution in [0, 0.1) is 0 Å². The molecule has 1 aromatic heterocycles. The fourth-order valence-corrected chi connectivity index (χ4v) is 4.58. The monoisotopic (exact) mass is 552 g/mol. The van der Waals surface area contributed by atoms with E-state index in [2.05, 4.69) is 23.6 Å². The molecule has 1 saturated heterocycles. The first-order chi connectivity index (χ1) is 17.2. The summed E-state index contributed by atoms with van der Waals surface area (Å²) in [4.78, 5) is 36.3. The predicted octanol–water partition coefficient (Wildman–Crippen LogP) is 3.20. The van der Waals surface area contributed by atoms with Crippen LogP contribution >= 0.6 is 23.2 Å². The van der Waals surface area contributed by atoms with Crippen LogP contribution in [-0.2, 0) is 29.2 Å². The topological polar surface area (TPSA) is 135 Å². The fraction of sp³-hybridized carbons (Fsp3) is 0.292. The van der Waals surface area contributed by atoms with E-state index in [9.17, 15) is 14.4 Å². The Morgan fingerprint density at radius 1 is 1.11 bits per heavy atom. The molecule has 1 fully saturated rings. The van der Waals surface area contributed by atoms with Gasteiger partial charge < -0.3 is 25.6 Å². The number of aliphatic carboxylic acids is 1. The Kier molecular flexibility index (Phi) is 10.8. The van der Waals surface area contributed by atoms with Gasteiger partial charge in [0.1, 0.15) is 6.04 Å². The first-order valence-corrected chi connectivity index (χ1v) is 11.9. The second-order valence-corrected chi connectivity index (χ2v) is 8.79. The van der Waals surface area contributed by atoms with Gasteiger partial charge in [0.25, 0.3) is 5.91 Å². The van der Waals surface area contributed by atoms with Crippen molar-refractivity contribution in [2.45, 2.75) is 18.9 Å². The smallest absolute Gasteiger partial charge is 0.317 e. The summed E-state index contributed by atoms with van der Waals surface area (Å²) < 4.78 is 9.77. The number of carbonyl (C=O) groups is 3. The zero-order chi connectivity index (χ0) is 27.0. The first kappa shape index (κ1) is 29.2. The largest absolute Gasteiger partial charge is 0.480 e. The van der Waals surface area contributed by atoms with Crippen LogP contribution in [0.3, 0.4) is 0 Å². The summed E-state index contributed by atoms with van der Waals surface area (Å²) in [5.74, 6) is -1.19. The third-order valence-corrected chi connectivity index (χ3v) is 6.09. The average Bonchev–Trinajstić information content (AvgIpc) is 3.49. The van der Waals surface area contributed by atoms with Gasteiger partial charge in [-0.25, -0.2) is 0 Å². The highest BCUT2D eigenvalue weighted by atomic mass is 35.5. The highest BCUT2D eigenvalue weighted by molar-refractivity contribution is 7.44. The molecule has 192 valence electrons. The van der Waals surface area contributed by atoms with E-state index >= 15 is 0 Å². The zero-order valence-corrected chi connectivity index (χ0v) is 22.0. The van der Waals surface area contributed by atoms with Crippen LogP contribution in [0.15, 0.2) is 42.6 Å². The third kappa shape index (κ3) is 6.79. The molecule has 2 aromatic carbocycles. The molecule has 12 heteroatoms. The number of benzene rings is 2. The number of halogens is 2. The minimum atomic E-state index is -0.968. The van der Waals surface area contributed by atoms with Gasteiger partial charge in [0, 0.05) is 47.8 Å². The number of carboxylic acids is 1. The first-order valence-electron chi connectivity index (χ1n) is 10.8. The van der Waals surface area contributed by atoms with Crippen LogP contribution in [0.4, 0.5) is 0 Å². The van der Waals surface area contributed by atoms with Crippen molar-refractivity contribution >= 4 is 64.4 Å². The van der Waals surface area contributed by atoms with E-state index in [4.69, 9.17) is 32.5 Å². The number of aryl methyl sites for hydroxylation is 1. The van der Waals surface area contributed by atoms with Crippen LogP contribution in [0.2, 0.25) is 10.0 Å². The molecule has 0 radical (unpaired) electrons. The fourth-order valence-electron chi connectivity index (χ4n) is 4.06. The number of likely N-dealkylation sites (N-methyl/N-ethyl adjacent to an activating group) is 1. The summed E-state index contributed by atoms with van der Waals surface area (Å²) in [6.45, 7) is 0.312. The van der Waals surface area contributed by atoms with Gasteiger partial charge in [0.15, 0.2) is 12.5 Å². The Morgan fingerprint density at radius 2 is 1.72 bits per heavy atom. The molecule has 2 amide bonds. The van der Waals surface area contributed by atoms with Crippen molar-refractivity contribution in [2.24, 2.45) is 12.8 Å². The number of hydrogen-bond donors (Lipinski definition) is 3. The summed E-state index contributed by atoms with van der Waals surface area (Å²) in [5.41, 5.74) is 7.98. The number of nitrogens with zero attached hydrogens (tertiary/aromatic N) is 2. The molecule has 0 aliphatic carbocycles. The quantitative estimate of drug-likeness (QED) is 0.452. The molecule has 1 aliphatic rings. The summed E-state index contributed by atoms with van der Waals surface area (Å²) >= 11 is 15.1. The van der Waals surface area contributed by atoms with Gasteiger partial charge in [-0.3, -0.25) is 14.4 Å². The normalized spacial score (nSPS) is 14.4. The Balaban J connectivity index is 0.000000583. The summed E-state index contributed by atoms with van der Waals surface area (Å²) in [6, 6.07) is 10.9. The van der Waals surface area contributed by atoms with E-state index < -0.39 is 12.0 Å². The average molecular weight is 553 g/mol. The summed E-state index contributed by atoms with van der Waals surface area (Å²) in [7, 11) is 3.51. The predicted molar refractivity (Wildman–Crippen MR) is 141 cm³/mol. The molecule has 0 spiro atoms. The van der Waals surface area contributed by atoms with Crippen molar-refractivity contribution in [2.75, 3.05) is 20.1 Å². The molecule has 3 aromatic rings. The van der Waals surface area contributed by atoms with E-state index in [1.54, 1.807) is 18.0 Å². The van der Waals surface area contributed by atoms with Crippen LogP contribution in [0.25, 0.3) is 22.0 Å². The number of likely N-dealkylation sites (tertiary alicyclic amines) is 1. The number of nitrogens with two attached hydrogens (primary N) is 1. The second kappa shape index (κ2) is 13.3. The summed E-state index contributed by atoms with van der Waals surface area (Å²) in [6.07, 6.45) is 3.35. The molecular formula is C24H26Cl2N4O5S.